The van der Waals surface area contributed by atoms with Gasteiger partial charge in [0.25, 0.3) is 0 Å². The van der Waals surface area contributed by atoms with E-state index in [0.717, 1.165) is 11.8 Å². The van der Waals surface area contributed by atoms with E-state index < -0.39 is 0 Å². The maximum Gasteiger partial charge on any atom is 0.00104 e. The Labute approximate surface area is 122 Å². The zero-order chi connectivity index (χ0) is 14.5. The molecule has 0 saturated carbocycles. The van der Waals surface area contributed by atoms with Crippen molar-refractivity contribution in [2.24, 2.45) is 11.8 Å². The Morgan fingerprint density at radius 3 is 1.74 bits per heavy atom. The van der Waals surface area contributed by atoms with Gasteiger partial charge < -0.3 is 5.32 Å². The molecule has 19 heavy (non-hydrogen) atoms. The van der Waals surface area contributed by atoms with E-state index >= 15 is 0 Å². The second-order valence-electron chi connectivity index (χ2n) is 6.83. The van der Waals surface area contributed by atoms with Gasteiger partial charge in [-0.3, -0.25) is 0 Å². The zero-order valence-corrected chi connectivity index (χ0v) is 14.3. The van der Waals surface area contributed by atoms with Gasteiger partial charge in [0.1, 0.15) is 0 Å². The first-order chi connectivity index (χ1) is 9.07. The Hall–Kier alpha value is -0.0400. The Balaban J connectivity index is 3.48. The highest BCUT2D eigenvalue weighted by atomic mass is 14.9. The second-order valence-corrected chi connectivity index (χ2v) is 6.83. The van der Waals surface area contributed by atoms with E-state index in [2.05, 4.69) is 39.9 Å². The van der Waals surface area contributed by atoms with Crippen LogP contribution < -0.4 is 5.32 Å². The number of nitrogens with one attached hydrogen (secondary N) is 1. The topological polar surface area (TPSA) is 12.0 Å². The highest BCUT2D eigenvalue weighted by Gasteiger charge is 2.12. The van der Waals surface area contributed by atoms with Crippen LogP contribution in [-0.2, 0) is 0 Å². The third kappa shape index (κ3) is 12.7. The van der Waals surface area contributed by atoms with E-state index in [1.54, 1.807) is 0 Å². The molecule has 0 heterocycles. The molecule has 0 aliphatic rings. The Kier molecular flexibility index (Phi) is 12.9. The molecule has 0 radical (unpaired) electrons. The summed E-state index contributed by atoms with van der Waals surface area (Å²) in [6, 6.07) is 0.625. The molecular weight excluding hydrogens is 230 g/mol. The molecule has 0 aliphatic carbocycles. The average molecular weight is 270 g/mol. The predicted octanol–water partition coefficient (Wildman–Crippen LogP) is 5.79. The lowest BCUT2D eigenvalue weighted by Crippen LogP contribution is -2.31. The van der Waals surface area contributed by atoms with Gasteiger partial charge in [-0.05, 0) is 24.8 Å². The molecule has 0 aromatic rings. The van der Waals surface area contributed by atoms with Crippen molar-refractivity contribution in [1.82, 2.24) is 5.32 Å². The van der Waals surface area contributed by atoms with Crippen LogP contribution in [0, 0.1) is 11.8 Å². The summed E-state index contributed by atoms with van der Waals surface area (Å²) in [5, 5.41) is 3.60. The predicted molar refractivity (Wildman–Crippen MR) is 88.7 cm³/mol. The summed E-state index contributed by atoms with van der Waals surface area (Å²) in [6.07, 6.45) is 12.9. The Morgan fingerprint density at radius 1 is 0.737 bits per heavy atom. The van der Waals surface area contributed by atoms with Gasteiger partial charge in [-0.1, -0.05) is 86.0 Å². The molecule has 1 N–H and O–H groups in total. The summed E-state index contributed by atoms with van der Waals surface area (Å²) in [7, 11) is 0. The molecule has 0 rings (SSSR count). The van der Waals surface area contributed by atoms with Crippen LogP contribution in [0.1, 0.15) is 92.4 Å². The van der Waals surface area contributed by atoms with Crippen LogP contribution in [0.3, 0.4) is 0 Å². The molecule has 1 nitrogen and oxygen atoms in total. The van der Waals surface area contributed by atoms with Gasteiger partial charge in [-0.15, -0.1) is 0 Å². The van der Waals surface area contributed by atoms with E-state index in [0.29, 0.717) is 6.04 Å². The van der Waals surface area contributed by atoms with Crippen LogP contribution in [0.5, 0.6) is 0 Å². The molecule has 1 unspecified atom stereocenters. The van der Waals surface area contributed by atoms with Crippen LogP contribution in [0.2, 0.25) is 0 Å². The minimum Gasteiger partial charge on any atom is -0.314 e. The normalized spacial score (nSPS) is 13.4. The largest absolute Gasteiger partial charge is 0.314 e. The SMILES string of the molecule is CCCCCCCCCCC(CNC(C)C)C(C)C. The minimum absolute atomic E-state index is 0.625. The molecule has 0 aromatic carbocycles. The number of hydrogen-bond acceptors (Lipinski definition) is 1. The van der Waals surface area contributed by atoms with Crippen molar-refractivity contribution in [3.63, 3.8) is 0 Å². The van der Waals surface area contributed by atoms with Gasteiger partial charge in [-0.25, -0.2) is 0 Å². The first kappa shape index (κ1) is 19.0. The molecule has 116 valence electrons. The fraction of sp³-hybridized carbons (Fsp3) is 1.00. The van der Waals surface area contributed by atoms with Crippen LogP contribution >= 0.6 is 0 Å². The van der Waals surface area contributed by atoms with Gasteiger partial charge in [0.15, 0.2) is 0 Å². The highest BCUT2D eigenvalue weighted by molar-refractivity contribution is 4.68. The summed E-state index contributed by atoms with van der Waals surface area (Å²) in [5.74, 6) is 1.68. The second kappa shape index (κ2) is 13.0. The van der Waals surface area contributed by atoms with Crippen molar-refractivity contribution in [1.29, 1.82) is 0 Å². The van der Waals surface area contributed by atoms with Crippen LogP contribution in [0.25, 0.3) is 0 Å². The summed E-state index contributed by atoms with van der Waals surface area (Å²) >= 11 is 0. The maximum atomic E-state index is 3.60. The standard InChI is InChI=1S/C18H39N/c1-6-7-8-9-10-11-12-13-14-18(16(2)3)15-19-17(4)5/h16-19H,6-15H2,1-5H3. The Morgan fingerprint density at radius 2 is 1.26 bits per heavy atom. The van der Waals surface area contributed by atoms with Crippen LogP contribution in [-0.4, -0.2) is 12.6 Å². The third-order valence-corrected chi connectivity index (χ3v) is 4.16. The molecule has 0 spiro atoms. The fourth-order valence-electron chi connectivity index (χ4n) is 2.60. The van der Waals surface area contributed by atoms with Gasteiger partial charge in [0.05, 0.1) is 0 Å². The maximum absolute atomic E-state index is 3.60. The quantitative estimate of drug-likeness (QED) is 0.417. The van der Waals surface area contributed by atoms with Gasteiger partial charge >= 0.3 is 0 Å². The highest BCUT2D eigenvalue weighted by Crippen LogP contribution is 2.19. The van der Waals surface area contributed by atoms with Gasteiger partial charge in [-0.2, -0.15) is 0 Å². The summed E-state index contributed by atoms with van der Waals surface area (Å²) in [5.41, 5.74) is 0. The van der Waals surface area contributed by atoms with Crippen molar-refractivity contribution in [3.8, 4) is 0 Å². The van der Waals surface area contributed by atoms with E-state index in [4.69, 9.17) is 0 Å². The van der Waals surface area contributed by atoms with Gasteiger partial charge in [0, 0.05) is 6.04 Å². The molecule has 0 aliphatic heterocycles. The summed E-state index contributed by atoms with van der Waals surface area (Å²) < 4.78 is 0. The lowest BCUT2D eigenvalue weighted by Gasteiger charge is -2.22. The van der Waals surface area contributed by atoms with Crippen molar-refractivity contribution in [2.45, 2.75) is 98.4 Å². The van der Waals surface area contributed by atoms with E-state index in [1.165, 1.54) is 64.3 Å². The lowest BCUT2D eigenvalue weighted by atomic mass is 9.90. The van der Waals surface area contributed by atoms with E-state index in [-0.39, 0.29) is 0 Å². The van der Waals surface area contributed by atoms with Crippen LogP contribution in [0.15, 0.2) is 0 Å². The molecule has 0 bridgehead atoms. The molecule has 0 fully saturated rings. The van der Waals surface area contributed by atoms with Crippen molar-refractivity contribution in [3.05, 3.63) is 0 Å². The molecular formula is C18H39N. The monoisotopic (exact) mass is 269 g/mol. The van der Waals surface area contributed by atoms with Crippen molar-refractivity contribution in [2.75, 3.05) is 6.54 Å². The summed E-state index contributed by atoms with van der Waals surface area (Å²) in [4.78, 5) is 0. The first-order valence-corrected chi connectivity index (χ1v) is 8.81. The molecule has 0 saturated heterocycles. The number of rotatable bonds is 13. The lowest BCUT2D eigenvalue weighted by molar-refractivity contribution is 0.320. The molecule has 1 heteroatoms. The van der Waals surface area contributed by atoms with E-state index in [1.807, 2.05) is 0 Å². The third-order valence-electron chi connectivity index (χ3n) is 4.16. The smallest absolute Gasteiger partial charge is 0.00104 e. The average Bonchev–Trinajstić information content (AvgIpc) is 2.35. The van der Waals surface area contributed by atoms with Gasteiger partial charge in [0.2, 0.25) is 0 Å². The first-order valence-electron chi connectivity index (χ1n) is 8.81. The van der Waals surface area contributed by atoms with Crippen molar-refractivity contribution < 1.29 is 0 Å². The number of hydrogen-bond donors (Lipinski definition) is 1. The van der Waals surface area contributed by atoms with E-state index in [9.17, 15) is 0 Å². The minimum atomic E-state index is 0.625. The number of unbranched alkanes of at least 4 members (excludes halogenated alkanes) is 7. The van der Waals surface area contributed by atoms with Crippen LogP contribution in [0.4, 0.5) is 0 Å². The zero-order valence-electron chi connectivity index (χ0n) is 14.3. The Bertz CT molecular complexity index is 175. The molecule has 1 atom stereocenters. The summed E-state index contributed by atoms with van der Waals surface area (Å²) in [6.45, 7) is 12.7. The molecule has 0 amide bonds. The molecule has 0 aromatic heterocycles. The van der Waals surface area contributed by atoms with Crippen molar-refractivity contribution >= 4 is 0 Å². The fourth-order valence-corrected chi connectivity index (χ4v) is 2.60.